The molecule has 6 rings (SSSR count). The van der Waals surface area contributed by atoms with Crippen LogP contribution in [0.2, 0.25) is 0 Å². The number of rotatable bonds is 4. The van der Waals surface area contributed by atoms with Crippen molar-refractivity contribution >= 4 is 45.2 Å². The molecule has 3 aromatic carbocycles. The van der Waals surface area contributed by atoms with Crippen LogP contribution >= 0.6 is 0 Å². The van der Waals surface area contributed by atoms with E-state index in [4.69, 9.17) is 39.2 Å². The minimum atomic E-state index is -5.08. The van der Waals surface area contributed by atoms with Crippen LogP contribution in [0.4, 0.5) is 37.8 Å². The lowest BCUT2D eigenvalue weighted by molar-refractivity contribution is -0.193. The zero-order valence-corrected chi connectivity index (χ0v) is 23.5. The van der Waals surface area contributed by atoms with Gasteiger partial charge in [0, 0.05) is 16.5 Å². The molecule has 0 radical (unpaired) electrons. The lowest BCUT2D eigenvalue weighted by Gasteiger charge is -2.25. The number of hydrogen-bond acceptors (Lipinski definition) is 8. The number of anilines is 2. The number of H-pyrrole nitrogens is 1. The second kappa shape index (κ2) is 13.6. The Labute approximate surface area is 254 Å². The van der Waals surface area contributed by atoms with Gasteiger partial charge in [0.2, 0.25) is 0 Å². The fraction of sp³-hybridized carbons (Fsp3) is 0.207. The second-order valence-corrected chi connectivity index (χ2v) is 9.54. The highest BCUT2D eigenvalue weighted by molar-refractivity contribution is 5.92. The number of methoxy groups -OCH3 is 1. The molecule has 0 amide bonds. The maximum absolute atomic E-state index is 10.6. The summed E-state index contributed by atoms with van der Waals surface area (Å²) in [5, 5.41) is 26.8. The van der Waals surface area contributed by atoms with Crippen molar-refractivity contribution in [3.8, 4) is 11.5 Å². The monoisotopic (exact) mass is 651 g/mol. The van der Waals surface area contributed by atoms with Crippen LogP contribution in [0.5, 0.6) is 11.5 Å². The van der Waals surface area contributed by atoms with Gasteiger partial charge in [-0.05, 0) is 60.5 Å². The standard InChI is InChI=1S/C25H21N5O2.2C2HF3O2/c1-31-19-7-9-23-15(12-19)10-17(14-32-23)24-28-22-5-3-2-4-20(22)25(29-24)27-18-6-8-21-16(11-18)13-26-30-21;2*3-2(4,5)1(6)7/h2-9,11-13,17H,10,14H2,1H3,(H,26,30)(H,27,28,29);2*(H,6,7). The summed E-state index contributed by atoms with van der Waals surface area (Å²) >= 11 is 0. The predicted octanol–water partition coefficient (Wildman–Crippen LogP) is 6.24. The Kier molecular flexibility index (Phi) is 9.82. The quantitative estimate of drug-likeness (QED) is 0.164. The lowest BCUT2D eigenvalue weighted by atomic mass is 9.95. The van der Waals surface area contributed by atoms with Crippen molar-refractivity contribution in [2.75, 3.05) is 19.0 Å². The maximum Gasteiger partial charge on any atom is 0.490 e. The van der Waals surface area contributed by atoms with Crippen molar-refractivity contribution in [2.24, 2.45) is 0 Å². The molecule has 0 fully saturated rings. The molecule has 4 N–H and O–H groups in total. The molecule has 1 unspecified atom stereocenters. The van der Waals surface area contributed by atoms with Gasteiger partial charge in [-0.15, -0.1) is 0 Å². The molecule has 3 heterocycles. The average molecular weight is 652 g/mol. The Hall–Kier alpha value is -5.61. The van der Waals surface area contributed by atoms with E-state index in [0.29, 0.717) is 6.61 Å². The first-order valence-electron chi connectivity index (χ1n) is 13.0. The van der Waals surface area contributed by atoms with E-state index in [9.17, 15) is 26.3 Å². The van der Waals surface area contributed by atoms with Crippen molar-refractivity contribution in [3.63, 3.8) is 0 Å². The molecule has 11 nitrogen and oxygen atoms in total. The molecule has 1 atom stereocenters. The number of nitrogens with one attached hydrogen (secondary N) is 2. The molecule has 0 spiro atoms. The zero-order chi connectivity index (χ0) is 33.6. The highest BCUT2D eigenvalue weighted by atomic mass is 19.4. The minimum Gasteiger partial charge on any atom is -0.497 e. The van der Waals surface area contributed by atoms with Gasteiger partial charge in [-0.2, -0.15) is 31.4 Å². The Morgan fingerprint density at radius 3 is 2.28 bits per heavy atom. The van der Waals surface area contributed by atoms with Gasteiger partial charge >= 0.3 is 24.3 Å². The summed E-state index contributed by atoms with van der Waals surface area (Å²) in [6.45, 7) is 0.540. The van der Waals surface area contributed by atoms with Crippen molar-refractivity contribution in [3.05, 3.63) is 78.2 Å². The van der Waals surface area contributed by atoms with Crippen LogP contribution in [0.3, 0.4) is 0 Å². The third-order valence-corrected chi connectivity index (χ3v) is 6.35. The van der Waals surface area contributed by atoms with Gasteiger partial charge in [0.15, 0.2) is 0 Å². The molecule has 242 valence electrons. The molecular formula is C29H23F6N5O6. The average Bonchev–Trinajstić information content (AvgIpc) is 3.48. The molecule has 46 heavy (non-hydrogen) atoms. The molecular weight excluding hydrogens is 628 g/mol. The van der Waals surface area contributed by atoms with Crippen LogP contribution in [0.1, 0.15) is 17.3 Å². The van der Waals surface area contributed by atoms with Crippen LogP contribution in [0.15, 0.2) is 66.9 Å². The lowest BCUT2D eigenvalue weighted by Crippen LogP contribution is -2.21. The van der Waals surface area contributed by atoms with Gasteiger partial charge in [0.05, 0.1) is 36.9 Å². The van der Waals surface area contributed by atoms with Gasteiger partial charge in [0.1, 0.15) is 23.1 Å². The van der Waals surface area contributed by atoms with Crippen LogP contribution in [0, 0.1) is 0 Å². The van der Waals surface area contributed by atoms with Crippen LogP contribution in [0.25, 0.3) is 21.8 Å². The van der Waals surface area contributed by atoms with E-state index >= 15 is 0 Å². The Balaban J connectivity index is 0.000000289. The number of ether oxygens (including phenoxy) is 2. The fourth-order valence-electron chi connectivity index (χ4n) is 4.19. The number of aromatic amines is 1. The number of hydrogen-bond donors (Lipinski definition) is 4. The summed E-state index contributed by atoms with van der Waals surface area (Å²) in [5.41, 5.74) is 3.96. The normalized spacial score (nSPS) is 14.1. The third kappa shape index (κ3) is 8.30. The molecule has 1 aliphatic rings. The van der Waals surface area contributed by atoms with E-state index < -0.39 is 24.3 Å². The van der Waals surface area contributed by atoms with E-state index in [-0.39, 0.29) is 5.92 Å². The molecule has 5 aromatic rings. The van der Waals surface area contributed by atoms with E-state index in [0.717, 1.165) is 62.6 Å². The fourth-order valence-corrected chi connectivity index (χ4v) is 4.19. The van der Waals surface area contributed by atoms with E-state index in [1.54, 1.807) is 7.11 Å². The Morgan fingerprint density at radius 1 is 0.957 bits per heavy atom. The van der Waals surface area contributed by atoms with E-state index in [2.05, 4.69) is 21.6 Å². The number of aliphatic carboxylic acids is 2. The summed E-state index contributed by atoms with van der Waals surface area (Å²) in [7, 11) is 1.67. The first kappa shape index (κ1) is 33.3. The van der Waals surface area contributed by atoms with Crippen molar-refractivity contribution < 1.29 is 55.6 Å². The van der Waals surface area contributed by atoms with Gasteiger partial charge in [-0.1, -0.05) is 12.1 Å². The van der Waals surface area contributed by atoms with E-state index in [1.807, 2.05) is 60.8 Å². The summed E-state index contributed by atoms with van der Waals surface area (Å²) in [5.74, 6) is -2.19. The number of halogens is 6. The summed E-state index contributed by atoms with van der Waals surface area (Å²) in [6.07, 6.45) is -7.56. The first-order chi connectivity index (χ1) is 21.7. The summed E-state index contributed by atoms with van der Waals surface area (Å²) < 4.78 is 74.9. The van der Waals surface area contributed by atoms with Crippen molar-refractivity contribution in [2.45, 2.75) is 24.7 Å². The van der Waals surface area contributed by atoms with Crippen LogP contribution < -0.4 is 14.8 Å². The molecule has 0 saturated heterocycles. The Bertz CT molecular complexity index is 1840. The maximum atomic E-state index is 10.6. The number of benzene rings is 3. The molecule has 0 aliphatic carbocycles. The number of carboxylic acids is 2. The van der Waals surface area contributed by atoms with Crippen LogP contribution in [-0.4, -0.2) is 68.4 Å². The molecule has 17 heteroatoms. The zero-order valence-electron chi connectivity index (χ0n) is 23.5. The second-order valence-electron chi connectivity index (χ2n) is 9.54. The topological polar surface area (TPSA) is 160 Å². The highest BCUT2D eigenvalue weighted by Gasteiger charge is 2.39. The SMILES string of the molecule is COc1ccc2c(c1)CC(c1nc(Nc3ccc4[nH]ncc4c3)c3ccccc3n1)CO2.O=C(O)C(F)(F)F.O=C(O)C(F)(F)F. The number of aromatic nitrogens is 4. The molecule has 0 saturated carbocycles. The third-order valence-electron chi connectivity index (χ3n) is 6.35. The van der Waals surface area contributed by atoms with Gasteiger partial charge in [0.25, 0.3) is 0 Å². The largest absolute Gasteiger partial charge is 0.497 e. The van der Waals surface area contributed by atoms with E-state index in [1.165, 1.54) is 0 Å². The molecule has 0 bridgehead atoms. The number of alkyl halides is 6. The van der Waals surface area contributed by atoms with Gasteiger partial charge < -0.3 is 25.0 Å². The number of para-hydroxylation sites is 1. The number of carboxylic acid groups (broad SMARTS) is 2. The molecule has 1 aliphatic heterocycles. The minimum absolute atomic E-state index is 0.0520. The summed E-state index contributed by atoms with van der Waals surface area (Å²) in [4.78, 5) is 27.6. The highest BCUT2D eigenvalue weighted by Crippen LogP contribution is 2.35. The van der Waals surface area contributed by atoms with Crippen molar-refractivity contribution in [1.29, 1.82) is 0 Å². The predicted molar refractivity (Wildman–Crippen MR) is 151 cm³/mol. The Morgan fingerprint density at radius 2 is 1.63 bits per heavy atom. The van der Waals surface area contributed by atoms with Gasteiger partial charge in [-0.3, -0.25) is 5.10 Å². The smallest absolute Gasteiger partial charge is 0.490 e. The van der Waals surface area contributed by atoms with Crippen molar-refractivity contribution in [1.82, 2.24) is 20.2 Å². The number of carbonyl (C=O) groups is 2. The number of nitrogens with zero attached hydrogens (tertiary/aromatic N) is 3. The summed E-state index contributed by atoms with van der Waals surface area (Å²) in [6, 6.07) is 20.1. The number of fused-ring (bicyclic) bond motifs is 3. The molecule has 2 aromatic heterocycles. The van der Waals surface area contributed by atoms with Crippen LogP contribution in [-0.2, 0) is 16.0 Å². The first-order valence-corrected chi connectivity index (χ1v) is 13.0. The van der Waals surface area contributed by atoms with Gasteiger partial charge in [-0.25, -0.2) is 19.6 Å².